The molecule has 1 N–H and O–H groups in total. The van der Waals surface area contributed by atoms with Crippen LogP contribution in [-0.4, -0.2) is 19.8 Å². The molecular weight excluding hydrogens is 245 g/mol. The van der Waals surface area contributed by atoms with Crippen LogP contribution in [0.3, 0.4) is 0 Å². The van der Waals surface area contributed by atoms with E-state index in [1.54, 1.807) is 13.0 Å². The first-order valence-corrected chi connectivity index (χ1v) is 5.25. The number of hydrogen-bond donors (Lipinski definition) is 1. The van der Waals surface area contributed by atoms with E-state index in [0.29, 0.717) is 0 Å². The maximum Gasteiger partial charge on any atom is 0.418 e. The highest BCUT2D eigenvalue weighted by Gasteiger charge is 2.34. The van der Waals surface area contributed by atoms with Gasteiger partial charge < -0.3 is 10.1 Å². The number of methoxy groups -OCH3 is 1. The molecule has 98 valence electrons. The molecule has 0 radical (unpaired) electrons. The lowest BCUT2D eigenvalue weighted by molar-refractivity contribution is -0.137. The molecular formula is C12H13F3N2O. The third kappa shape index (κ3) is 3.64. The van der Waals surface area contributed by atoms with E-state index < -0.39 is 11.7 Å². The average molecular weight is 258 g/mol. The zero-order chi connectivity index (χ0) is 13.8. The zero-order valence-corrected chi connectivity index (χ0v) is 10.0. The Labute approximate surface area is 103 Å². The summed E-state index contributed by atoms with van der Waals surface area (Å²) in [4.78, 5) is 0. The molecule has 0 bridgehead atoms. The molecule has 0 aliphatic rings. The molecule has 0 aromatic heterocycles. The number of halogens is 3. The highest BCUT2D eigenvalue weighted by atomic mass is 19.4. The van der Waals surface area contributed by atoms with Crippen molar-refractivity contribution in [2.45, 2.75) is 19.1 Å². The number of benzene rings is 1. The lowest BCUT2D eigenvalue weighted by Crippen LogP contribution is -2.23. The molecule has 0 aliphatic heterocycles. The third-order valence-corrected chi connectivity index (χ3v) is 2.27. The van der Waals surface area contributed by atoms with Crippen LogP contribution in [-0.2, 0) is 10.9 Å². The van der Waals surface area contributed by atoms with Gasteiger partial charge >= 0.3 is 6.18 Å². The maximum absolute atomic E-state index is 12.8. The van der Waals surface area contributed by atoms with Crippen molar-refractivity contribution >= 4 is 5.69 Å². The number of rotatable bonds is 4. The molecule has 0 saturated carbocycles. The van der Waals surface area contributed by atoms with Crippen molar-refractivity contribution in [3.05, 3.63) is 29.3 Å². The van der Waals surface area contributed by atoms with Crippen molar-refractivity contribution in [2.24, 2.45) is 0 Å². The van der Waals surface area contributed by atoms with Crippen LogP contribution in [0.1, 0.15) is 18.1 Å². The summed E-state index contributed by atoms with van der Waals surface area (Å²) in [5.41, 5.74) is -0.914. The second-order valence-corrected chi connectivity index (χ2v) is 3.87. The minimum absolute atomic E-state index is 0.0210. The Hall–Kier alpha value is -1.74. The number of nitriles is 1. The first kappa shape index (κ1) is 14.3. The van der Waals surface area contributed by atoms with Gasteiger partial charge in [-0.2, -0.15) is 18.4 Å². The number of ether oxygens (including phenoxy) is 1. The lowest BCUT2D eigenvalue weighted by atomic mass is 10.1. The van der Waals surface area contributed by atoms with Gasteiger partial charge in [-0.05, 0) is 25.1 Å². The van der Waals surface area contributed by atoms with Crippen LogP contribution < -0.4 is 5.32 Å². The van der Waals surface area contributed by atoms with Gasteiger partial charge in [0.25, 0.3) is 0 Å². The summed E-state index contributed by atoms with van der Waals surface area (Å²) in [5.74, 6) is 0. The topological polar surface area (TPSA) is 45.0 Å². The van der Waals surface area contributed by atoms with Crippen LogP contribution in [0.2, 0.25) is 0 Å². The van der Waals surface area contributed by atoms with Crippen LogP contribution in [0.4, 0.5) is 18.9 Å². The van der Waals surface area contributed by atoms with Crippen molar-refractivity contribution in [3.63, 3.8) is 0 Å². The first-order valence-electron chi connectivity index (χ1n) is 5.25. The summed E-state index contributed by atoms with van der Waals surface area (Å²) < 4.78 is 43.3. The Bertz CT molecular complexity index is 452. The van der Waals surface area contributed by atoms with Gasteiger partial charge in [0, 0.05) is 18.8 Å². The lowest BCUT2D eigenvalue weighted by Gasteiger charge is -2.19. The van der Waals surface area contributed by atoms with Gasteiger partial charge in [0.2, 0.25) is 0 Å². The third-order valence-electron chi connectivity index (χ3n) is 2.27. The van der Waals surface area contributed by atoms with Crippen LogP contribution in [0.15, 0.2) is 18.2 Å². The van der Waals surface area contributed by atoms with Gasteiger partial charge in [0.1, 0.15) is 0 Å². The molecule has 0 heterocycles. The SMILES string of the molecule is COCC(C)Nc1ccc(C#N)cc1C(F)(F)F. The van der Waals surface area contributed by atoms with Gasteiger partial charge in [-0.25, -0.2) is 0 Å². The van der Waals surface area contributed by atoms with E-state index in [2.05, 4.69) is 5.32 Å². The summed E-state index contributed by atoms with van der Waals surface area (Å²) in [6, 6.07) is 4.87. The van der Waals surface area contributed by atoms with Crippen LogP contribution >= 0.6 is 0 Å². The molecule has 0 fully saturated rings. The molecule has 6 heteroatoms. The molecule has 0 aliphatic carbocycles. The number of alkyl halides is 3. The number of hydrogen-bond acceptors (Lipinski definition) is 3. The highest BCUT2D eigenvalue weighted by molar-refractivity contribution is 5.56. The predicted molar refractivity (Wildman–Crippen MR) is 61.1 cm³/mol. The normalized spacial score (nSPS) is 12.9. The quantitative estimate of drug-likeness (QED) is 0.902. The summed E-state index contributed by atoms with van der Waals surface area (Å²) in [7, 11) is 1.47. The van der Waals surface area contributed by atoms with Gasteiger partial charge in [-0.3, -0.25) is 0 Å². The fourth-order valence-corrected chi connectivity index (χ4v) is 1.53. The van der Waals surface area contributed by atoms with Crippen LogP contribution in [0, 0.1) is 11.3 Å². The van der Waals surface area contributed by atoms with Crippen molar-refractivity contribution < 1.29 is 17.9 Å². The smallest absolute Gasteiger partial charge is 0.383 e. The molecule has 18 heavy (non-hydrogen) atoms. The van der Waals surface area contributed by atoms with Crippen molar-refractivity contribution in [1.29, 1.82) is 5.26 Å². The van der Waals surface area contributed by atoms with Crippen LogP contribution in [0.5, 0.6) is 0 Å². The van der Waals surface area contributed by atoms with E-state index in [-0.39, 0.29) is 23.9 Å². The van der Waals surface area contributed by atoms with Crippen molar-refractivity contribution in [1.82, 2.24) is 0 Å². The first-order chi connectivity index (χ1) is 8.38. The fraction of sp³-hybridized carbons (Fsp3) is 0.417. The predicted octanol–water partition coefficient (Wildman–Crippen LogP) is 3.02. The molecule has 0 amide bonds. The summed E-state index contributed by atoms with van der Waals surface area (Å²) in [5, 5.41) is 11.3. The Morgan fingerprint density at radius 1 is 1.44 bits per heavy atom. The summed E-state index contributed by atoms with van der Waals surface area (Å²) in [6.07, 6.45) is -4.50. The monoisotopic (exact) mass is 258 g/mol. The number of nitrogens with zero attached hydrogens (tertiary/aromatic N) is 1. The molecule has 0 spiro atoms. The maximum atomic E-state index is 12.8. The minimum atomic E-state index is -4.50. The van der Waals surface area contributed by atoms with Gasteiger partial charge in [0.05, 0.1) is 23.8 Å². The van der Waals surface area contributed by atoms with E-state index in [0.717, 1.165) is 6.07 Å². The molecule has 1 unspecified atom stereocenters. The molecule has 1 aromatic carbocycles. The second kappa shape index (κ2) is 5.74. The number of nitrogens with one attached hydrogen (secondary N) is 1. The van der Waals surface area contributed by atoms with Gasteiger partial charge in [-0.1, -0.05) is 0 Å². The Morgan fingerprint density at radius 3 is 2.61 bits per heavy atom. The molecule has 0 saturated heterocycles. The van der Waals surface area contributed by atoms with E-state index in [4.69, 9.17) is 10.00 Å². The minimum Gasteiger partial charge on any atom is -0.383 e. The summed E-state index contributed by atoms with van der Waals surface area (Å²) >= 11 is 0. The van der Waals surface area contributed by atoms with E-state index >= 15 is 0 Å². The van der Waals surface area contributed by atoms with E-state index in [1.165, 1.54) is 19.2 Å². The fourth-order valence-electron chi connectivity index (χ4n) is 1.53. The molecule has 3 nitrogen and oxygen atoms in total. The standard InChI is InChI=1S/C12H13F3N2O/c1-8(7-18-2)17-11-4-3-9(6-16)5-10(11)12(13,14)15/h3-5,8,17H,7H2,1-2H3. The Balaban J connectivity index is 3.08. The molecule has 1 aromatic rings. The summed E-state index contributed by atoms with van der Waals surface area (Å²) in [6.45, 7) is 2.00. The van der Waals surface area contributed by atoms with E-state index in [1.807, 2.05) is 0 Å². The van der Waals surface area contributed by atoms with Gasteiger partial charge in [0.15, 0.2) is 0 Å². The van der Waals surface area contributed by atoms with Crippen molar-refractivity contribution in [2.75, 3.05) is 19.0 Å². The average Bonchev–Trinajstić information content (AvgIpc) is 2.28. The van der Waals surface area contributed by atoms with Crippen LogP contribution in [0.25, 0.3) is 0 Å². The number of anilines is 1. The zero-order valence-electron chi connectivity index (χ0n) is 10.0. The molecule has 1 atom stereocenters. The Kier molecular flexibility index (Phi) is 4.56. The molecule has 1 rings (SSSR count). The largest absolute Gasteiger partial charge is 0.418 e. The van der Waals surface area contributed by atoms with Gasteiger partial charge in [-0.15, -0.1) is 0 Å². The van der Waals surface area contributed by atoms with Crippen molar-refractivity contribution in [3.8, 4) is 6.07 Å². The Morgan fingerprint density at radius 2 is 2.11 bits per heavy atom. The highest BCUT2D eigenvalue weighted by Crippen LogP contribution is 2.35. The van der Waals surface area contributed by atoms with E-state index in [9.17, 15) is 13.2 Å². The second-order valence-electron chi connectivity index (χ2n) is 3.87.